The van der Waals surface area contributed by atoms with Crippen molar-refractivity contribution in [3.05, 3.63) is 93.2 Å². The van der Waals surface area contributed by atoms with E-state index >= 15 is 0 Å². The summed E-state index contributed by atoms with van der Waals surface area (Å²) < 4.78 is 34.6. The maximum Gasteiger partial charge on any atom is 0.272 e. The highest BCUT2D eigenvalue weighted by atomic mass is 35.5. The van der Waals surface area contributed by atoms with Gasteiger partial charge in [-0.15, -0.1) is 0 Å². The van der Waals surface area contributed by atoms with Crippen molar-refractivity contribution in [2.75, 3.05) is 4.31 Å². The van der Waals surface area contributed by atoms with Crippen LogP contribution in [0.2, 0.25) is 10.0 Å². The molecule has 0 saturated heterocycles. The van der Waals surface area contributed by atoms with E-state index in [1.54, 1.807) is 42.5 Å². The van der Waals surface area contributed by atoms with Gasteiger partial charge in [0.05, 0.1) is 10.7 Å². The third-order valence-corrected chi connectivity index (χ3v) is 8.50. The summed E-state index contributed by atoms with van der Waals surface area (Å²) in [5.41, 5.74) is 3.15. The number of nitrogens with zero attached hydrogens (tertiary/aromatic N) is 1. The van der Waals surface area contributed by atoms with Crippen LogP contribution in [-0.4, -0.2) is 14.3 Å². The highest BCUT2D eigenvalue weighted by Crippen LogP contribution is 2.37. The van der Waals surface area contributed by atoms with Gasteiger partial charge >= 0.3 is 0 Å². The largest absolute Gasteiger partial charge is 0.461 e. The van der Waals surface area contributed by atoms with Crippen molar-refractivity contribution in [3.63, 3.8) is 0 Å². The fraction of sp³-hybridized carbons (Fsp3) is 0.192. The summed E-state index contributed by atoms with van der Waals surface area (Å²) in [5, 5.41) is 0.999. The molecule has 0 saturated carbocycles. The molecule has 4 aromatic rings. The second kappa shape index (κ2) is 8.77. The van der Waals surface area contributed by atoms with Gasteiger partial charge in [0.2, 0.25) is 0 Å². The van der Waals surface area contributed by atoms with Gasteiger partial charge in [-0.05, 0) is 74.7 Å². The van der Waals surface area contributed by atoms with E-state index in [9.17, 15) is 13.2 Å². The number of amides is 1. The maximum absolute atomic E-state index is 13.9. The van der Waals surface area contributed by atoms with Crippen molar-refractivity contribution < 1.29 is 17.6 Å². The SMILES string of the molecule is Cc1ccc(C(=O)N(c2ccc3oc4c(c3c2)CCCC4)S(=O)(=O)c2cc(Cl)ccc2Cl)cc1. The van der Waals surface area contributed by atoms with E-state index in [4.69, 9.17) is 27.6 Å². The predicted molar refractivity (Wildman–Crippen MR) is 134 cm³/mol. The average Bonchev–Trinajstić information content (AvgIpc) is 3.19. The number of furan rings is 1. The number of anilines is 1. The van der Waals surface area contributed by atoms with E-state index in [1.165, 1.54) is 18.2 Å². The summed E-state index contributed by atoms with van der Waals surface area (Å²) in [6.07, 6.45) is 3.79. The molecule has 0 N–H and O–H groups in total. The molecule has 0 spiro atoms. The van der Waals surface area contributed by atoms with Crippen LogP contribution in [0.1, 0.15) is 40.1 Å². The molecule has 34 heavy (non-hydrogen) atoms. The number of aryl methyl sites for hydroxylation is 3. The Morgan fingerprint density at radius 3 is 2.44 bits per heavy atom. The van der Waals surface area contributed by atoms with E-state index < -0.39 is 15.9 Å². The third kappa shape index (κ3) is 4.00. The molecule has 0 unspecified atom stereocenters. The number of sulfonamides is 1. The van der Waals surface area contributed by atoms with Gasteiger partial charge in [-0.1, -0.05) is 40.9 Å². The van der Waals surface area contributed by atoms with Crippen LogP contribution in [-0.2, 0) is 22.9 Å². The Hall–Kier alpha value is -2.80. The topological polar surface area (TPSA) is 67.6 Å². The first kappa shape index (κ1) is 23.0. The molecule has 0 atom stereocenters. The molecule has 8 heteroatoms. The van der Waals surface area contributed by atoms with Gasteiger partial charge in [-0.2, -0.15) is 4.31 Å². The van der Waals surface area contributed by atoms with E-state index in [-0.39, 0.29) is 26.2 Å². The molecule has 3 aromatic carbocycles. The molecule has 1 amide bonds. The average molecular weight is 514 g/mol. The van der Waals surface area contributed by atoms with E-state index in [2.05, 4.69) is 0 Å². The van der Waals surface area contributed by atoms with Crippen LogP contribution in [0.15, 0.2) is 70.0 Å². The van der Waals surface area contributed by atoms with E-state index in [0.717, 1.165) is 52.3 Å². The molecule has 1 aliphatic rings. The second-order valence-corrected chi connectivity index (χ2v) is 11.0. The first-order chi connectivity index (χ1) is 16.3. The number of carbonyl (C=O) groups is 1. The zero-order valence-corrected chi connectivity index (χ0v) is 20.7. The van der Waals surface area contributed by atoms with Crippen molar-refractivity contribution in [1.29, 1.82) is 0 Å². The van der Waals surface area contributed by atoms with Crippen LogP contribution in [0, 0.1) is 6.92 Å². The lowest BCUT2D eigenvalue weighted by atomic mass is 9.96. The van der Waals surface area contributed by atoms with Crippen LogP contribution in [0.5, 0.6) is 0 Å². The molecule has 5 rings (SSSR count). The normalized spacial score (nSPS) is 13.6. The zero-order chi connectivity index (χ0) is 24.0. The molecule has 1 heterocycles. The molecule has 5 nitrogen and oxygen atoms in total. The number of hydrogen-bond acceptors (Lipinski definition) is 4. The Morgan fingerprint density at radius 2 is 1.68 bits per heavy atom. The summed E-state index contributed by atoms with van der Waals surface area (Å²) >= 11 is 12.4. The lowest BCUT2D eigenvalue weighted by Gasteiger charge is -2.23. The highest BCUT2D eigenvalue weighted by Gasteiger charge is 2.34. The number of fused-ring (bicyclic) bond motifs is 3. The van der Waals surface area contributed by atoms with Crippen molar-refractivity contribution in [2.45, 2.75) is 37.5 Å². The first-order valence-corrected chi connectivity index (χ1v) is 13.1. The van der Waals surface area contributed by atoms with Crippen LogP contribution < -0.4 is 4.31 Å². The molecule has 1 aromatic heterocycles. The Bertz CT molecular complexity index is 1520. The fourth-order valence-electron chi connectivity index (χ4n) is 4.33. The van der Waals surface area contributed by atoms with Gasteiger partial charge in [-0.3, -0.25) is 4.79 Å². The molecule has 0 fully saturated rings. The monoisotopic (exact) mass is 513 g/mol. The molecular formula is C26H21Cl2NO4S. The lowest BCUT2D eigenvalue weighted by molar-refractivity contribution is 0.101. The Morgan fingerprint density at radius 1 is 0.941 bits per heavy atom. The summed E-state index contributed by atoms with van der Waals surface area (Å²) in [6.45, 7) is 1.89. The summed E-state index contributed by atoms with van der Waals surface area (Å²) in [4.78, 5) is 13.4. The van der Waals surface area contributed by atoms with Gasteiger partial charge < -0.3 is 4.42 Å². The molecule has 174 valence electrons. The van der Waals surface area contributed by atoms with Crippen LogP contribution in [0.25, 0.3) is 11.0 Å². The number of carbonyl (C=O) groups excluding carboxylic acids is 1. The second-order valence-electron chi connectivity index (χ2n) is 8.41. The molecule has 1 aliphatic carbocycles. The smallest absolute Gasteiger partial charge is 0.272 e. The van der Waals surface area contributed by atoms with Gasteiger partial charge in [0.1, 0.15) is 16.2 Å². The number of hydrogen-bond donors (Lipinski definition) is 0. The summed E-state index contributed by atoms with van der Waals surface area (Å²) in [7, 11) is -4.40. The summed E-state index contributed by atoms with van der Waals surface area (Å²) in [6, 6.07) is 15.9. The minimum Gasteiger partial charge on any atom is -0.461 e. The molecule has 0 aliphatic heterocycles. The number of benzene rings is 3. The minimum absolute atomic E-state index is 0.0205. The van der Waals surface area contributed by atoms with Gasteiger partial charge in [0.15, 0.2) is 0 Å². The van der Waals surface area contributed by atoms with Crippen molar-refractivity contribution >= 4 is 55.8 Å². The van der Waals surface area contributed by atoms with E-state index in [1.807, 2.05) is 6.92 Å². The van der Waals surface area contributed by atoms with Gasteiger partial charge in [0.25, 0.3) is 15.9 Å². The number of rotatable bonds is 4. The molecular weight excluding hydrogens is 493 g/mol. The van der Waals surface area contributed by atoms with Crippen molar-refractivity contribution in [1.82, 2.24) is 0 Å². The standard InChI is InChI=1S/C26H21Cl2NO4S/c1-16-6-8-17(9-7-16)26(30)29(34(31,32)25-14-18(27)10-12-22(25)28)19-11-13-24-21(15-19)20-4-2-3-5-23(20)33-24/h6-15H,2-5H2,1H3. The fourth-order valence-corrected chi connectivity index (χ4v) is 6.48. The Balaban J connectivity index is 1.72. The quantitative estimate of drug-likeness (QED) is 0.295. The van der Waals surface area contributed by atoms with E-state index in [0.29, 0.717) is 5.58 Å². The first-order valence-electron chi connectivity index (χ1n) is 10.9. The minimum atomic E-state index is -4.40. The van der Waals surface area contributed by atoms with Crippen LogP contribution in [0.4, 0.5) is 5.69 Å². The van der Waals surface area contributed by atoms with Crippen molar-refractivity contribution in [2.24, 2.45) is 0 Å². The highest BCUT2D eigenvalue weighted by molar-refractivity contribution is 7.93. The lowest BCUT2D eigenvalue weighted by Crippen LogP contribution is -2.37. The third-order valence-electron chi connectivity index (χ3n) is 6.07. The van der Waals surface area contributed by atoms with Crippen LogP contribution in [0.3, 0.4) is 0 Å². The van der Waals surface area contributed by atoms with Gasteiger partial charge in [0, 0.05) is 28.0 Å². The van der Waals surface area contributed by atoms with Gasteiger partial charge in [-0.25, -0.2) is 8.42 Å². The molecule has 0 radical (unpaired) electrons. The predicted octanol–water partition coefficient (Wildman–Crippen LogP) is 6.96. The Kier molecular flexibility index (Phi) is 5.92. The number of halogens is 2. The van der Waals surface area contributed by atoms with Crippen LogP contribution >= 0.6 is 23.2 Å². The maximum atomic E-state index is 13.9. The molecule has 0 bridgehead atoms. The Labute approximate surface area is 207 Å². The van der Waals surface area contributed by atoms with Crippen molar-refractivity contribution in [3.8, 4) is 0 Å². The summed E-state index contributed by atoms with van der Waals surface area (Å²) in [5.74, 6) is 0.239. The zero-order valence-electron chi connectivity index (χ0n) is 18.3.